The quantitative estimate of drug-likeness (QED) is 0.846. The smallest absolute Gasteiger partial charge is 0.396 e. The maximum atomic E-state index is 12.6. The number of sulfonamides is 1. The standard InChI is InChI=1S/C10H11BrF3NO3S/c11-9-3-2-7(6-8(9)10(12,13)14)15-19(17,18)5-1-4-16/h2-3,6,15-16H,1,4-5H2. The van der Waals surface area contributed by atoms with E-state index in [2.05, 4.69) is 15.9 Å². The van der Waals surface area contributed by atoms with Crippen molar-refractivity contribution in [1.82, 2.24) is 0 Å². The van der Waals surface area contributed by atoms with Crippen LogP contribution in [0.25, 0.3) is 0 Å². The second-order valence-electron chi connectivity index (χ2n) is 3.69. The predicted octanol–water partition coefficient (Wildman–Crippen LogP) is 2.59. The molecule has 0 amide bonds. The van der Waals surface area contributed by atoms with Gasteiger partial charge < -0.3 is 5.11 Å². The van der Waals surface area contributed by atoms with E-state index >= 15 is 0 Å². The fraction of sp³-hybridized carbons (Fsp3) is 0.400. The molecule has 0 saturated heterocycles. The molecular weight excluding hydrogens is 351 g/mol. The Balaban J connectivity index is 2.98. The molecule has 0 heterocycles. The van der Waals surface area contributed by atoms with Gasteiger partial charge >= 0.3 is 6.18 Å². The van der Waals surface area contributed by atoms with Crippen LogP contribution in [0.15, 0.2) is 22.7 Å². The van der Waals surface area contributed by atoms with E-state index in [-0.39, 0.29) is 28.9 Å². The Morgan fingerprint density at radius 1 is 1.32 bits per heavy atom. The maximum Gasteiger partial charge on any atom is 0.417 e. The van der Waals surface area contributed by atoms with Crippen molar-refractivity contribution in [3.63, 3.8) is 0 Å². The lowest BCUT2D eigenvalue weighted by Gasteiger charge is -2.12. The van der Waals surface area contributed by atoms with Crippen molar-refractivity contribution in [2.75, 3.05) is 17.1 Å². The lowest BCUT2D eigenvalue weighted by Crippen LogP contribution is -2.18. The number of aliphatic hydroxyl groups is 1. The Morgan fingerprint density at radius 3 is 2.47 bits per heavy atom. The van der Waals surface area contributed by atoms with Gasteiger partial charge in [-0.15, -0.1) is 0 Å². The third-order valence-corrected chi connectivity index (χ3v) is 4.18. The molecule has 0 aliphatic carbocycles. The molecule has 9 heteroatoms. The van der Waals surface area contributed by atoms with E-state index in [0.717, 1.165) is 6.07 Å². The zero-order valence-corrected chi connectivity index (χ0v) is 11.9. The molecule has 4 nitrogen and oxygen atoms in total. The van der Waals surface area contributed by atoms with Crippen molar-refractivity contribution < 1.29 is 26.7 Å². The summed E-state index contributed by atoms with van der Waals surface area (Å²) in [5.41, 5.74) is -1.14. The van der Waals surface area contributed by atoms with Crippen molar-refractivity contribution in [2.45, 2.75) is 12.6 Å². The van der Waals surface area contributed by atoms with Crippen LogP contribution in [0, 0.1) is 0 Å². The first-order valence-corrected chi connectivity index (χ1v) is 7.58. The summed E-state index contributed by atoms with van der Waals surface area (Å²) in [6, 6.07) is 3.04. The minimum absolute atomic E-state index is 0.0119. The van der Waals surface area contributed by atoms with Crippen LogP contribution in [0.1, 0.15) is 12.0 Å². The van der Waals surface area contributed by atoms with Gasteiger partial charge in [0.15, 0.2) is 0 Å². The highest BCUT2D eigenvalue weighted by Gasteiger charge is 2.33. The number of alkyl halides is 3. The van der Waals surface area contributed by atoms with E-state index < -0.39 is 21.8 Å². The summed E-state index contributed by atoms with van der Waals surface area (Å²) in [4.78, 5) is 0. The number of halogens is 4. The molecule has 0 aliphatic heterocycles. The lowest BCUT2D eigenvalue weighted by molar-refractivity contribution is -0.138. The molecule has 0 atom stereocenters. The average Bonchev–Trinajstić information content (AvgIpc) is 2.27. The summed E-state index contributed by atoms with van der Waals surface area (Å²) >= 11 is 2.76. The zero-order valence-electron chi connectivity index (χ0n) is 9.54. The molecule has 1 aromatic carbocycles. The minimum atomic E-state index is -4.58. The van der Waals surface area contributed by atoms with Crippen molar-refractivity contribution in [3.8, 4) is 0 Å². The highest BCUT2D eigenvalue weighted by molar-refractivity contribution is 9.10. The summed E-state index contributed by atoms with van der Waals surface area (Å²) in [6.07, 6.45) is -4.57. The van der Waals surface area contributed by atoms with Crippen LogP contribution in [0.3, 0.4) is 0 Å². The van der Waals surface area contributed by atoms with E-state index in [1.165, 1.54) is 6.07 Å². The topological polar surface area (TPSA) is 66.4 Å². The molecule has 0 saturated carbocycles. The molecule has 0 aliphatic rings. The highest BCUT2D eigenvalue weighted by atomic mass is 79.9. The van der Waals surface area contributed by atoms with Gasteiger partial charge in [0.2, 0.25) is 10.0 Å². The van der Waals surface area contributed by atoms with Crippen molar-refractivity contribution in [3.05, 3.63) is 28.2 Å². The molecule has 0 radical (unpaired) electrons. The lowest BCUT2D eigenvalue weighted by atomic mass is 10.2. The largest absolute Gasteiger partial charge is 0.417 e. The average molecular weight is 362 g/mol. The van der Waals surface area contributed by atoms with E-state index in [1.807, 2.05) is 4.72 Å². The first-order chi connectivity index (χ1) is 8.65. The van der Waals surface area contributed by atoms with Gasteiger partial charge in [-0.1, -0.05) is 15.9 Å². The molecule has 19 heavy (non-hydrogen) atoms. The Bertz CT molecular complexity index is 545. The third kappa shape index (κ3) is 5.00. The van der Waals surface area contributed by atoms with Gasteiger partial charge in [0.1, 0.15) is 0 Å². The Kier molecular flexibility index (Phi) is 5.22. The number of rotatable bonds is 5. The van der Waals surface area contributed by atoms with Crippen LogP contribution in [-0.2, 0) is 16.2 Å². The SMILES string of the molecule is O=S(=O)(CCCO)Nc1ccc(Br)c(C(F)(F)F)c1. The molecule has 108 valence electrons. The van der Waals surface area contributed by atoms with Gasteiger partial charge in [0.25, 0.3) is 0 Å². The van der Waals surface area contributed by atoms with Crippen molar-refractivity contribution in [1.29, 1.82) is 0 Å². The van der Waals surface area contributed by atoms with E-state index in [0.29, 0.717) is 6.07 Å². The number of benzene rings is 1. The summed E-state index contributed by atoms with van der Waals surface area (Å²) in [7, 11) is -3.76. The Hall–Kier alpha value is -0.800. The normalized spacial score (nSPS) is 12.5. The molecule has 0 spiro atoms. The monoisotopic (exact) mass is 361 g/mol. The van der Waals surface area contributed by atoms with E-state index in [9.17, 15) is 21.6 Å². The van der Waals surface area contributed by atoms with Crippen LogP contribution >= 0.6 is 15.9 Å². The van der Waals surface area contributed by atoms with Gasteiger partial charge in [-0.25, -0.2) is 8.42 Å². The molecule has 0 fully saturated rings. The Morgan fingerprint density at radius 2 is 1.95 bits per heavy atom. The fourth-order valence-corrected chi connectivity index (χ4v) is 2.86. The molecule has 1 rings (SSSR count). The summed E-state index contributed by atoms with van der Waals surface area (Å²) < 4.78 is 62.7. The number of nitrogens with one attached hydrogen (secondary N) is 1. The minimum Gasteiger partial charge on any atom is -0.396 e. The number of hydrogen-bond donors (Lipinski definition) is 2. The first-order valence-electron chi connectivity index (χ1n) is 5.14. The van der Waals surface area contributed by atoms with Crippen LogP contribution in [0.4, 0.5) is 18.9 Å². The molecule has 0 unspecified atom stereocenters. The maximum absolute atomic E-state index is 12.6. The van der Waals surface area contributed by atoms with Crippen LogP contribution < -0.4 is 4.72 Å². The Labute approximate surface area is 116 Å². The van der Waals surface area contributed by atoms with Crippen molar-refractivity contribution >= 4 is 31.6 Å². The number of anilines is 1. The van der Waals surface area contributed by atoms with Crippen molar-refractivity contribution in [2.24, 2.45) is 0 Å². The second kappa shape index (κ2) is 6.10. The van der Waals surface area contributed by atoms with E-state index in [1.54, 1.807) is 0 Å². The summed E-state index contributed by atoms with van der Waals surface area (Å²) in [6.45, 7) is -0.310. The second-order valence-corrected chi connectivity index (χ2v) is 6.39. The van der Waals surface area contributed by atoms with Gasteiger partial charge in [0, 0.05) is 16.8 Å². The third-order valence-electron chi connectivity index (χ3n) is 2.12. The summed E-state index contributed by atoms with van der Waals surface area (Å²) in [5.74, 6) is -0.360. The van der Waals surface area contributed by atoms with Crippen LogP contribution in [0.2, 0.25) is 0 Å². The van der Waals surface area contributed by atoms with Gasteiger partial charge in [-0.2, -0.15) is 13.2 Å². The van der Waals surface area contributed by atoms with Crippen LogP contribution in [0.5, 0.6) is 0 Å². The molecule has 1 aromatic rings. The molecule has 0 bridgehead atoms. The summed E-state index contributed by atoms with van der Waals surface area (Å²) in [5, 5.41) is 8.54. The number of hydrogen-bond acceptors (Lipinski definition) is 3. The van der Waals surface area contributed by atoms with Gasteiger partial charge in [-0.3, -0.25) is 4.72 Å². The first kappa shape index (κ1) is 16.3. The van der Waals surface area contributed by atoms with E-state index in [4.69, 9.17) is 5.11 Å². The fourth-order valence-electron chi connectivity index (χ4n) is 1.29. The van der Waals surface area contributed by atoms with Gasteiger partial charge in [0.05, 0.1) is 11.3 Å². The van der Waals surface area contributed by atoms with Crippen LogP contribution in [-0.4, -0.2) is 25.9 Å². The molecule has 2 N–H and O–H groups in total. The number of aliphatic hydroxyl groups excluding tert-OH is 1. The molecular formula is C10H11BrF3NO3S. The zero-order chi connectivity index (χ0) is 14.7. The predicted molar refractivity (Wildman–Crippen MR) is 68.3 cm³/mol. The highest BCUT2D eigenvalue weighted by Crippen LogP contribution is 2.36. The van der Waals surface area contributed by atoms with Gasteiger partial charge in [-0.05, 0) is 24.6 Å². The molecule has 0 aromatic heterocycles.